The number of aromatic nitrogens is 1. The fourth-order valence-corrected chi connectivity index (χ4v) is 2.83. The van der Waals surface area contributed by atoms with Crippen molar-refractivity contribution < 1.29 is 18.7 Å². The average molecular weight is 336 g/mol. The van der Waals surface area contributed by atoms with Crippen LogP contribution < -0.4 is 10.1 Å². The molecule has 0 bridgehead atoms. The van der Waals surface area contributed by atoms with E-state index < -0.39 is 11.7 Å². The van der Waals surface area contributed by atoms with Crippen molar-refractivity contribution in [3.8, 4) is 5.75 Å². The molecule has 0 fully saturated rings. The van der Waals surface area contributed by atoms with Crippen LogP contribution in [0, 0.1) is 5.82 Å². The van der Waals surface area contributed by atoms with Gasteiger partial charge in [-0.2, -0.15) is 0 Å². The number of nitrogens with zero attached hydrogens (tertiary/aromatic N) is 1. The second-order valence-electron chi connectivity index (χ2n) is 5.25. The van der Waals surface area contributed by atoms with Gasteiger partial charge >= 0.3 is 0 Å². The topological polar surface area (TPSA) is 68.3 Å². The summed E-state index contributed by atoms with van der Waals surface area (Å²) in [5, 5.41) is 4.44. The quantitative estimate of drug-likeness (QED) is 0.842. The molecule has 0 aliphatic carbocycles. The molecule has 0 spiro atoms. The van der Waals surface area contributed by atoms with Crippen LogP contribution in [0.2, 0.25) is 0 Å². The Labute approximate surface area is 137 Å². The fourth-order valence-electron chi connectivity index (χ4n) is 1.95. The van der Waals surface area contributed by atoms with Crippen molar-refractivity contribution in [2.24, 2.45) is 0 Å². The highest BCUT2D eigenvalue weighted by molar-refractivity contribution is 7.11. The summed E-state index contributed by atoms with van der Waals surface area (Å²) < 4.78 is 19.3. The maximum atomic E-state index is 14.4. The van der Waals surface area contributed by atoms with E-state index in [0.717, 1.165) is 5.69 Å². The molecular weight excluding hydrogens is 319 g/mol. The second kappa shape index (κ2) is 6.87. The van der Waals surface area contributed by atoms with Gasteiger partial charge in [0.15, 0.2) is 22.4 Å². The van der Waals surface area contributed by atoms with Crippen molar-refractivity contribution in [2.45, 2.75) is 26.7 Å². The van der Waals surface area contributed by atoms with E-state index in [1.165, 1.54) is 37.5 Å². The summed E-state index contributed by atoms with van der Waals surface area (Å²) in [5.41, 5.74) is 0.679. The number of ketones is 1. The van der Waals surface area contributed by atoms with Gasteiger partial charge in [0, 0.05) is 10.9 Å². The summed E-state index contributed by atoms with van der Waals surface area (Å²) in [6, 6.07) is 2.77. The minimum absolute atomic E-state index is 0.0488. The molecule has 1 aromatic carbocycles. The zero-order chi connectivity index (χ0) is 17.1. The Morgan fingerprint density at radius 3 is 2.57 bits per heavy atom. The molecule has 7 heteroatoms. The number of hydrogen-bond acceptors (Lipinski definition) is 5. The van der Waals surface area contributed by atoms with Gasteiger partial charge in [-0.25, -0.2) is 9.37 Å². The van der Waals surface area contributed by atoms with Gasteiger partial charge in [-0.15, -0.1) is 11.3 Å². The first kappa shape index (κ1) is 17.1. The van der Waals surface area contributed by atoms with E-state index >= 15 is 0 Å². The Morgan fingerprint density at radius 2 is 2.04 bits per heavy atom. The monoisotopic (exact) mass is 336 g/mol. The van der Waals surface area contributed by atoms with Gasteiger partial charge in [-0.05, 0) is 25.0 Å². The highest BCUT2D eigenvalue weighted by Crippen LogP contribution is 2.29. The van der Waals surface area contributed by atoms with Crippen LogP contribution in [0.4, 0.5) is 10.1 Å². The number of Topliss-reactive ketones (excluding diaryl/α,β-unsaturated/α-hetero) is 1. The van der Waals surface area contributed by atoms with E-state index in [-0.39, 0.29) is 33.7 Å². The van der Waals surface area contributed by atoms with Crippen molar-refractivity contribution in [1.29, 1.82) is 0 Å². The van der Waals surface area contributed by atoms with Crippen molar-refractivity contribution in [3.63, 3.8) is 0 Å². The molecule has 0 aliphatic rings. The molecule has 0 unspecified atom stereocenters. The van der Waals surface area contributed by atoms with E-state index in [1.54, 1.807) is 5.38 Å². The number of hydrogen-bond donors (Lipinski definition) is 1. The molecular formula is C16H17FN2O3S. The van der Waals surface area contributed by atoms with Gasteiger partial charge in [0.1, 0.15) is 0 Å². The number of methoxy groups -OCH3 is 1. The molecule has 0 saturated carbocycles. The summed E-state index contributed by atoms with van der Waals surface area (Å²) in [4.78, 5) is 28.2. The first-order valence-corrected chi connectivity index (χ1v) is 7.87. The van der Waals surface area contributed by atoms with Crippen LogP contribution in [-0.4, -0.2) is 23.8 Å². The summed E-state index contributed by atoms with van der Waals surface area (Å²) in [6.45, 7) is 5.23. The largest absolute Gasteiger partial charge is 0.494 e. The van der Waals surface area contributed by atoms with E-state index in [0.29, 0.717) is 0 Å². The SMILES string of the molecule is COc1ccc(C(C)=O)c(NC(=O)c2nc(C(C)C)cs2)c1F. The van der Waals surface area contributed by atoms with E-state index in [2.05, 4.69) is 10.3 Å². The molecule has 1 N–H and O–H groups in total. The van der Waals surface area contributed by atoms with Gasteiger partial charge in [0.05, 0.1) is 18.5 Å². The summed E-state index contributed by atoms with van der Waals surface area (Å²) >= 11 is 1.17. The minimum atomic E-state index is -0.783. The molecule has 23 heavy (non-hydrogen) atoms. The number of halogens is 1. The number of rotatable bonds is 5. The van der Waals surface area contributed by atoms with E-state index in [1.807, 2.05) is 13.8 Å². The number of anilines is 1. The Hall–Kier alpha value is -2.28. The van der Waals surface area contributed by atoms with Crippen molar-refractivity contribution in [1.82, 2.24) is 4.98 Å². The smallest absolute Gasteiger partial charge is 0.284 e. The second-order valence-corrected chi connectivity index (χ2v) is 6.11. The Kier molecular flexibility index (Phi) is 5.10. The molecule has 2 rings (SSSR count). The number of nitrogens with one attached hydrogen (secondary N) is 1. The normalized spacial score (nSPS) is 10.7. The minimum Gasteiger partial charge on any atom is -0.494 e. The van der Waals surface area contributed by atoms with Crippen LogP contribution in [0.25, 0.3) is 0 Å². The van der Waals surface area contributed by atoms with Gasteiger partial charge in [0.25, 0.3) is 5.91 Å². The first-order chi connectivity index (χ1) is 10.8. The maximum absolute atomic E-state index is 14.4. The van der Waals surface area contributed by atoms with E-state index in [9.17, 15) is 14.0 Å². The number of benzene rings is 1. The molecule has 1 heterocycles. The standard InChI is InChI=1S/C16H17FN2O3S/c1-8(2)11-7-23-16(18-11)15(21)19-14-10(9(3)20)5-6-12(22-4)13(14)17/h5-8H,1-4H3,(H,19,21). The van der Waals surface area contributed by atoms with Crippen molar-refractivity contribution in [3.05, 3.63) is 39.6 Å². The molecule has 2 aromatic rings. The molecule has 1 amide bonds. The van der Waals surface area contributed by atoms with Crippen LogP contribution >= 0.6 is 11.3 Å². The van der Waals surface area contributed by atoms with Gasteiger partial charge in [-0.1, -0.05) is 13.8 Å². The van der Waals surface area contributed by atoms with Gasteiger partial charge in [-0.3, -0.25) is 9.59 Å². The van der Waals surface area contributed by atoms with Crippen LogP contribution in [0.15, 0.2) is 17.5 Å². The molecule has 0 radical (unpaired) electrons. The number of carbonyl (C=O) groups excluding carboxylic acids is 2. The fraction of sp³-hybridized carbons (Fsp3) is 0.312. The number of thiazole rings is 1. The molecule has 122 valence electrons. The number of ether oxygens (including phenoxy) is 1. The maximum Gasteiger partial charge on any atom is 0.284 e. The van der Waals surface area contributed by atoms with Crippen LogP contribution in [-0.2, 0) is 0 Å². The zero-order valence-electron chi connectivity index (χ0n) is 13.3. The first-order valence-electron chi connectivity index (χ1n) is 6.99. The number of carbonyl (C=O) groups is 2. The predicted molar refractivity (Wildman–Crippen MR) is 87.1 cm³/mol. The lowest BCUT2D eigenvalue weighted by molar-refractivity contribution is 0.101. The van der Waals surface area contributed by atoms with Gasteiger partial charge < -0.3 is 10.1 Å². The Morgan fingerprint density at radius 1 is 1.35 bits per heavy atom. The average Bonchev–Trinajstić information content (AvgIpc) is 2.99. The highest BCUT2D eigenvalue weighted by atomic mass is 32.1. The lowest BCUT2D eigenvalue weighted by Gasteiger charge is -2.12. The molecule has 1 aromatic heterocycles. The van der Waals surface area contributed by atoms with Gasteiger partial charge in [0.2, 0.25) is 0 Å². The van der Waals surface area contributed by atoms with Crippen LogP contribution in [0.5, 0.6) is 5.75 Å². The molecule has 0 saturated heterocycles. The van der Waals surface area contributed by atoms with E-state index in [4.69, 9.17) is 4.74 Å². The van der Waals surface area contributed by atoms with Crippen LogP contribution in [0.1, 0.15) is 52.5 Å². The third-order valence-electron chi connectivity index (χ3n) is 3.25. The Bertz CT molecular complexity index is 756. The third kappa shape index (κ3) is 3.56. The predicted octanol–water partition coefficient (Wildman–Crippen LogP) is 3.87. The zero-order valence-corrected chi connectivity index (χ0v) is 14.1. The molecule has 0 aliphatic heterocycles. The molecule has 0 atom stereocenters. The van der Waals surface area contributed by atoms with Crippen molar-refractivity contribution >= 4 is 28.7 Å². The van der Waals surface area contributed by atoms with Crippen LogP contribution in [0.3, 0.4) is 0 Å². The summed E-state index contributed by atoms with van der Waals surface area (Å²) in [7, 11) is 1.31. The number of amides is 1. The summed E-state index contributed by atoms with van der Waals surface area (Å²) in [6.07, 6.45) is 0. The molecule has 5 nitrogen and oxygen atoms in total. The third-order valence-corrected chi connectivity index (χ3v) is 4.11. The summed E-state index contributed by atoms with van der Waals surface area (Å²) in [5.74, 6) is -1.56. The lowest BCUT2D eigenvalue weighted by atomic mass is 10.1. The lowest BCUT2D eigenvalue weighted by Crippen LogP contribution is -2.16. The van der Waals surface area contributed by atoms with Crippen molar-refractivity contribution in [2.75, 3.05) is 12.4 Å². The highest BCUT2D eigenvalue weighted by Gasteiger charge is 2.21. The Balaban J connectivity index is 2.37.